The molecule has 0 aliphatic carbocycles. The van der Waals surface area contributed by atoms with Crippen molar-refractivity contribution in [1.29, 1.82) is 0 Å². The highest BCUT2D eigenvalue weighted by Crippen LogP contribution is 2.30. The van der Waals surface area contributed by atoms with Gasteiger partial charge in [0.05, 0.1) is 5.69 Å². The first-order valence-electron chi connectivity index (χ1n) is 7.10. The van der Waals surface area contributed by atoms with Crippen molar-refractivity contribution in [2.75, 3.05) is 11.9 Å². The lowest BCUT2D eigenvalue weighted by Crippen LogP contribution is -2.20. The molecule has 100 valence electrons. The highest BCUT2D eigenvalue weighted by Gasteiger charge is 2.24. The zero-order valence-electron chi connectivity index (χ0n) is 12.1. The standard InChI is InChI=1S/C15H25N3/c1-11(2)9-14-17-12-10-13(18-14)16-8-6-5-7-15(12,3)4/h10-11H,5-9H2,1-4H3,(H,16,17,18). The minimum Gasteiger partial charge on any atom is -0.370 e. The number of hydrogen-bond acceptors (Lipinski definition) is 3. The predicted octanol–water partition coefficient (Wildman–Crippen LogP) is 3.55. The van der Waals surface area contributed by atoms with Crippen LogP contribution >= 0.6 is 0 Å². The highest BCUT2D eigenvalue weighted by molar-refractivity contribution is 5.38. The van der Waals surface area contributed by atoms with E-state index in [-0.39, 0.29) is 5.41 Å². The van der Waals surface area contributed by atoms with Gasteiger partial charge in [0.25, 0.3) is 0 Å². The molecule has 3 heteroatoms. The summed E-state index contributed by atoms with van der Waals surface area (Å²) >= 11 is 0. The number of hydrogen-bond donors (Lipinski definition) is 1. The number of fused-ring (bicyclic) bond motifs is 2. The highest BCUT2D eigenvalue weighted by atomic mass is 15.0. The summed E-state index contributed by atoms with van der Waals surface area (Å²) in [5.41, 5.74) is 1.35. The van der Waals surface area contributed by atoms with E-state index in [2.05, 4.69) is 44.1 Å². The van der Waals surface area contributed by atoms with E-state index in [9.17, 15) is 0 Å². The van der Waals surface area contributed by atoms with Gasteiger partial charge < -0.3 is 5.32 Å². The van der Waals surface area contributed by atoms with Crippen LogP contribution in [0.15, 0.2) is 6.07 Å². The minimum atomic E-state index is 0.162. The van der Waals surface area contributed by atoms with Crippen molar-refractivity contribution in [3.8, 4) is 0 Å². The molecular formula is C15H25N3. The topological polar surface area (TPSA) is 37.8 Å². The zero-order valence-corrected chi connectivity index (χ0v) is 12.1. The monoisotopic (exact) mass is 247 g/mol. The molecule has 3 nitrogen and oxygen atoms in total. The molecule has 0 unspecified atom stereocenters. The SMILES string of the molecule is CC(C)Cc1nc2cc(n1)C(C)(C)CCCCN2. The lowest BCUT2D eigenvalue weighted by molar-refractivity contribution is 0.442. The Morgan fingerprint density at radius 2 is 2.06 bits per heavy atom. The van der Waals surface area contributed by atoms with Gasteiger partial charge in [0.1, 0.15) is 11.6 Å². The van der Waals surface area contributed by atoms with Gasteiger partial charge in [-0.05, 0) is 18.8 Å². The Morgan fingerprint density at radius 1 is 1.28 bits per heavy atom. The fourth-order valence-corrected chi connectivity index (χ4v) is 2.43. The van der Waals surface area contributed by atoms with Crippen molar-refractivity contribution in [3.63, 3.8) is 0 Å². The maximum absolute atomic E-state index is 4.79. The quantitative estimate of drug-likeness (QED) is 0.868. The molecule has 0 saturated heterocycles. The molecule has 1 aliphatic rings. The molecule has 2 rings (SSSR count). The van der Waals surface area contributed by atoms with Crippen LogP contribution in [-0.4, -0.2) is 16.5 Å². The molecule has 0 fully saturated rings. The maximum atomic E-state index is 4.79. The van der Waals surface area contributed by atoms with E-state index in [1.807, 2.05) is 0 Å². The summed E-state index contributed by atoms with van der Waals surface area (Å²) in [5.74, 6) is 2.59. The third-order valence-electron chi connectivity index (χ3n) is 3.59. The molecular weight excluding hydrogens is 222 g/mol. The second-order valence-corrected chi connectivity index (χ2v) is 6.42. The molecule has 2 bridgehead atoms. The van der Waals surface area contributed by atoms with Crippen molar-refractivity contribution >= 4 is 5.82 Å². The molecule has 0 aromatic carbocycles. The number of nitrogens with one attached hydrogen (secondary N) is 1. The van der Waals surface area contributed by atoms with Gasteiger partial charge in [0.15, 0.2) is 0 Å². The molecule has 1 N–H and O–H groups in total. The number of nitrogens with zero attached hydrogens (tertiary/aromatic N) is 2. The van der Waals surface area contributed by atoms with Crippen molar-refractivity contribution < 1.29 is 0 Å². The smallest absolute Gasteiger partial charge is 0.131 e. The summed E-state index contributed by atoms with van der Waals surface area (Å²) in [5, 5.41) is 3.43. The summed E-state index contributed by atoms with van der Waals surface area (Å²) in [4.78, 5) is 9.42. The van der Waals surface area contributed by atoms with E-state index in [4.69, 9.17) is 4.98 Å². The van der Waals surface area contributed by atoms with Gasteiger partial charge in [-0.3, -0.25) is 0 Å². The molecule has 0 spiro atoms. The van der Waals surface area contributed by atoms with Crippen LogP contribution in [0.1, 0.15) is 58.5 Å². The third-order valence-corrected chi connectivity index (χ3v) is 3.59. The van der Waals surface area contributed by atoms with Crippen LogP contribution in [0.25, 0.3) is 0 Å². The third kappa shape index (κ3) is 3.21. The van der Waals surface area contributed by atoms with Crippen molar-refractivity contribution in [1.82, 2.24) is 9.97 Å². The van der Waals surface area contributed by atoms with E-state index >= 15 is 0 Å². The van der Waals surface area contributed by atoms with E-state index in [1.54, 1.807) is 0 Å². The van der Waals surface area contributed by atoms with E-state index in [1.165, 1.54) is 25.0 Å². The summed E-state index contributed by atoms with van der Waals surface area (Å²) in [7, 11) is 0. The minimum absolute atomic E-state index is 0.162. The first-order chi connectivity index (χ1) is 8.47. The molecule has 1 aromatic heterocycles. The van der Waals surface area contributed by atoms with E-state index in [0.29, 0.717) is 5.92 Å². The molecule has 0 amide bonds. The van der Waals surface area contributed by atoms with Crippen LogP contribution in [0.4, 0.5) is 5.82 Å². The first-order valence-corrected chi connectivity index (χ1v) is 7.10. The lowest BCUT2D eigenvalue weighted by Gasteiger charge is -2.24. The first kappa shape index (κ1) is 13.3. The van der Waals surface area contributed by atoms with Gasteiger partial charge in [-0.25, -0.2) is 9.97 Å². The Labute approximate surface area is 110 Å². The van der Waals surface area contributed by atoms with Crippen LogP contribution < -0.4 is 5.32 Å². The van der Waals surface area contributed by atoms with E-state index < -0.39 is 0 Å². The number of aromatic nitrogens is 2. The van der Waals surface area contributed by atoms with Crippen molar-refractivity contribution in [3.05, 3.63) is 17.6 Å². The Balaban J connectivity index is 2.37. The van der Waals surface area contributed by atoms with Gasteiger partial charge in [0.2, 0.25) is 0 Å². The van der Waals surface area contributed by atoms with Crippen LogP contribution in [0, 0.1) is 5.92 Å². The van der Waals surface area contributed by atoms with Crippen LogP contribution in [0.2, 0.25) is 0 Å². The fraction of sp³-hybridized carbons (Fsp3) is 0.733. The molecule has 0 saturated carbocycles. The summed E-state index contributed by atoms with van der Waals surface area (Å²) in [6, 6.07) is 2.13. The van der Waals surface area contributed by atoms with Gasteiger partial charge >= 0.3 is 0 Å². The van der Waals surface area contributed by atoms with Crippen LogP contribution in [-0.2, 0) is 11.8 Å². The lowest BCUT2D eigenvalue weighted by atomic mass is 9.83. The number of anilines is 1. The van der Waals surface area contributed by atoms with Gasteiger partial charge in [-0.1, -0.05) is 34.1 Å². The summed E-state index contributed by atoms with van der Waals surface area (Å²) < 4.78 is 0. The fourth-order valence-electron chi connectivity index (χ4n) is 2.43. The van der Waals surface area contributed by atoms with Gasteiger partial charge in [0, 0.05) is 24.4 Å². The van der Waals surface area contributed by atoms with Crippen molar-refractivity contribution in [2.24, 2.45) is 5.92 Å². The molecule has 1 aromatic rings. The Hall–Kier alpha value is -1.12. The molecule has 2 heterocycles. The Kier molecular flexibility index (Phi) is 3.88. The average Bonchev–Trinajstić information content (AvgIpc) is 2.30. The van der Waals surface area contributed by atoms with Crippen LogP contribution in [0.3, 0.4) is 0 Å². The Bertz CT molecular complexity index is 410. The molecule has 0 atom stereocenters. The summed E-state index contributed by atoms with van der Waals surface area (Å²) in [6.07, 6.45) is 4.62. The van der Waals surface area contributed by atoms with E-state index in [0.717, 1.165) is 24.6 Å². The summed E-state index contributed by atoms with van der Waals surface area (Å²) in [6.45, 7) is 10.0. The molecule has 1 aliphatic heterocycles. The van der Waals surface area contributed by atoms with Gasteiger partial charge in [-0.2, -0.15) is 0 Å². The van der Waals surface area contributed by atoms with Gasteiger partial charge in [-0.15, -0.1) is 0 Å². The van der Waals surface area contributed by atoms with Crippen LogP contribution in [0.5, 0.6) is 0 Å². The maximum Gasteiger partial charge on any atom is 0.131 e. The largest absolute Gasteiger partial charge is 0.370 e. The molecule has 18 heavy (non-hydrogen) atoms. The van der Waals surface area contributed by atoms with Crippen molar-refractivity contribution in [2.45, 2.75) is 58.8 Å². The second-order valence-electron chi connectivity index (χ2n) is 6.42. The average molecular weight is 247 g/mol. The second kappa shape index (κ2) is 5.25. The predicted molar refractivity (Wildman–Crippen MR) is 75.9 cm³/mol. The molecule has 0 radical (unpaired) electrons. The number of rotatable bonds is 2. The zero-order chi connectivity index (χ0) is 13.2. The normalized spacial score (nSPS) is 18.7. The Morgan fingerprint density at radius 3 is 2.78 bits per heavy atom.